The Hall–Kier alpha value is -0.790. The Bertz CT molecular complexity index is 309. The van der Waals surface area contributed by atoms with E-state index in [0.29, 0.717) is 6.42 Å². The molecule has 0 fully saturated rings. The second-order valence-electron chi connectivity index (χ2n) is 7.42. The average molecular weight is 353 g/mol. The monoisotopic (exact) mass is 352 g/mol. The molecule has 0 aromatic rings. The highest BCUT2D eigenvalue weighted by Crippen LogP contribution is 2.19. The minimum absolute atomic E-state index is 0.0709. The standard InChI is InChI=1S/C23H44O2/c1-4-6-8-9-10-11-12-15-19-22(18-7-5-2)20-16-13-14-17-21-23(24)25-3/h15,19,22H,4-14,16-18,20-21H2,1-3H3/b19-15+. The normalized spacial score (nSPS) is 12.6. The largest absolute Gasteiger partial charge is 0.469 e. The van der Waals surface area contributed by atoms with Crippen LogP contribution in [0.4, 0.5) is 0 Å². The van der Waals surface area contributed by atoms with Crippen LogP contribution in [-0.4, -0.2) is 13.1 Å². The summed E-state index contributed by atoms with van der Waals surface area (Å²) in [5, 5.41) is 0. The first kappa shape index (κ1) is 24.2. The van der Waals surface area contributed by atoms with Gasteiger partial charge in [0.1, 0.15) is 0 Å². The lowest BCUT2D eigenvalue weighted by Gasteiger charge is -2.12. The number of ether oxygens (including phenoxy) is 1. The van der Waals surface area contributed by atoms with Gasteiger partial charge in [0.05, 0.1) is 7.11 Å². The molecule has 0 spiro atoms. The summed E-state index contributed by atoms with van der Waals surface area (Å²) in [6.07, 6.45) is 25.0. The highest BCUT2D eigenvalue weighted by molar-refractivity contribution is 5.68. The van der Waals surface area contributed by atoms with Crippen molar-refractivity contribution in [2.45, 2.75) is 117 Å². The number of rotatable bonds is 18. The lowest BCUT2D eigenvalue weighted by molar-refractivity contribution is -0.140. The third kappa shape index (κ3) is 17.8. The maximum absolute atomic E-state index is 11.1. The Labute approximate surface area is 157 Å². The topological polar surface area (TPSA) is 26.3 Å². The highest BCUT2D eigenvalue weighted by atomic mass is 16.5. The fraction of sp³-hybridized carbons (Fsp3) is 0.870. The first-order valence-corrected chi connectivity index (χ1v) is 11.0. The predicted molar refractivity (Wildman–Crippen MR) is 110 cm³/mol. The van der Waals surface area contributed by atoms with E-state index in [1.54, 1.807) is 0 Å². The van der Waals surface area contributed by atoms with Crippen LogP contribution < -0.4 is 0 Å². The van der Waals surface area contributed by atoms with Gasteiger partial charge in [0.15, 0.2) is 0 Å². The Morgan fingerprint density at radius 2 is 1.40 bits per heavy atom. The summed E-state index contributed by atoms with van der Waals surface area (Å²) in [6.45, 7) is 4.56. The summed E-state index contributed by atoms with van der Waals surface area (Å²) in [7, 11) is 1.47. The number of carbonyl (C=O) groups is 1. The van der Waals surface area contributed by atoms with E-state index in [9.17, 15) is 4.79 Å². The van der Waals surface area contributed by atoms with Crippen LogP contribution in [0.15, 0.2) is 12.2 Å². The van der Waals surface area contributed by atoms with Gasteiger partial charge in [-0.25, -0.2) is 0 Å². The van der Waals surface area contributed by atoms with Crippen LogP contribution in [-0.2, 0) is 9.53 Å². The van der Waals surface area contributed by atoms with Gasteiger partial charge >= 0.3 is 5.97 Å². The van der Waals surface area contributed by atoms with E-state index in [4.69, 9.17) is 0 Å². The van der Waals surface area contributed by atoms with Crippen molar-refractivity contribution in [2.75, 3.05) is 7.11 Å². The van der Waals surface area contributed by atoms with Crippen molar-refractivity contribution in [2.24, 2.45) is 5.92 Å². The van der Waals surface area contributed by atoms with E-state index in [1.165, 1.54) is 90.6 Å². The quantitative estimate of drug-likeness (QED) is 0.144. The number of hydrogen-bond donors (Lipinski definition) is 0. The van der Waals surface area contributed by atoms with Crippen LogP contribution in [0.5, 0.6) is 0 Å². The molecule has 25 heavy (non-hydrogen) atoms. The van der Waals surface area contributed by atoms with Crippen molar-refractivity contribution < 1.29 is 9.53 Å². The molecule has 0 rings (SSSR count). The molecule has 2 heteroatoms. The summed E-state index contributed by atoms with van der Waals surface area (Å²) in [4.78, 5) is 11.1. The van der Waals surface area contributed by atoms with Crippen LogP contribution in [0.2, 0.25) is 0 Å². The fourth-order valence-electron chi connectivity index (χ4n) is 3.27. The van der Waals surface area contributed by atoms with Crippen molar-refractivity contribution in [1.29, 1.82) is 0 Å². The van der Waals surface area contributed by atoms with Crippen molar-refractivity contribution in [3.8, 4) is 0 Å². The van der Waals surface area contributed by atoms with Crippen LogP contribution in [0.25, 0.3) is 0 Å². The molecule has 148 valence electrons. The van der Waals surface area contributed by atoms with Gasteiger partial charge in [-0.2, -0.15) is 0 Å². The van der Waals surface area contributed by atoms with Gasteiger partial charge < -0.3 is 4.74 Å². The molecule has 0 aromatic carbocycles. The van der Waals surface area contributed by atoms with E-state index in [2.05, 4.69) is 30.7 Å². The predicted octanol–water partition coefficient (Wildman–Crippen LogP) is 7.61. The number of esters is 1. The second-order valence-corrected chi connectivity index (χ2v) is 7.42. The molecule has 0 aliphatic rings. The lowest BCUT2D eigenvalue weighted by Crippen LogP contribution is -2.00. The molecule has 0 N–H and O–H groups in total. The first-order chi connectivity index (χ1) is 12.2. The maximum atomic E-state index is 11.1. The molecular weight excluding hydrogens is 308 g/mol. The Balaban J connectivity index is 3.76. The zero-order valence-corrected chi connectivity index (χ0v) is 17.4. The van der Waals surface area contributed by atoms with Crippen LogP contribution in [0.3, 0.4) is 0 Å². The minimum atomic E-state index is -0.0709. The van der Waals surface area contributed by atoms with Gasteiger partial charge in [-0.1, -0.05) is 90.2 Å². The Morgan fingerprint density at radius 3 is 2.12 bits per heavy atom. The number of unbranched alkanes of at least 4 members (excludes halogenated alkanes) is 10. The third-order valence-electron chi connectivity index (χ3n) is 4.99. The zero-order chi connectivity index (χ0) is 18.6. The number of hydrogen-bond acceptors (Lipinski definition) is 2. The molecule has 0 bridgehead atoms. The van der Waals surface area contributed by atoms with E-state index in [0.717, 1.165) is 18.8 Å². The minimum Gasteiger partial charge on any atom is -0.469 e. The zero-order valence-electron chi connectivity index (χ0n) is 17.4. The molecular formula is C23H44O2. The molecule has 0 aliphatic carbocycles. The molecule has 1 atom stereocenters. The number of allylic oxidation sites excluding steroid dienone is 2. The van der Waals surface area contributed by atoms with Crippen molar-refractivity contribution >= 4 is 5.97 Å². The summed E-state index contributed by atoms with van der Waals surface area (Å²) in [5.41, 5.74) is 0. The van der Waals surface area contributed by atoms with Gasteiger partial charge in [0, 0.05) is 6.42 Å². The summed E-state index contributed by atoms with van der Waals surface area (Å²) >= 11 is 0. The van der Waals surface area contributed by atoms with Crippen molar-refractivity contribution in [1.82, 2.24) is 0 Å². The second kappa shape index (κ2) is 19.5. The average Bonchev–Trinajstić information content (AvgIpc) is 2.63. The maximum Gasteiger partial charge on any atom is 0.305 e. The van der Waals surface area contributed by atoms with E-state index < -0.39 is 0 Å². The van der Waals surface area contributed by atoms with Crippen LogP contribution >= 0.6 is 0 Å². The highest BCUT2D eigenvalue weighted by Gasteiger charge is 2.05. The summed E-state index contributed by atoms with van der Waals surface area (Å²) < 4.78 is 4.68. The van der Waals surface area contributed by atoms with Gasteiger partial charge in [-0.15, -0.1) is 0 Å². The Kier molecular flexibility index (Phi) is 18.9. The van der Waals surface area contributed by atoms with Gasteiger partial charge in [-0.05, 0) is 38.0 Å². The first-order valence-electron chi connectivity index (χ1n) is 11.0. The molecule has 0 radical (unpaired) electrons. The molecule has 0 saturated carbocycles. The smallest absolute Gasteiger partial charge is 0.305 e. The van der Waals surface area contributed by atoms with Gasteiger partial charge in [0.2, 0.25) is 0 Å². The van der Waals surface area contributed by atoms with Crippen molar-refractivity contribution in [3.63, 3.8) is 0 Å². The molecule has 0 aliphatic heterocycles. The summed E-state index contributed by atoms with van der Waals surface area (Å²) in [6, 6.07) is 0. The fourth-order valence-corrected chi connectivity index (χ4v) is 3.27. The molecule has 0 aromatic heterocycles. The Morgan fingerprint density at radius 1 is 0.800 bits per heavy atom. The molecule has 0 amide bonds. The lowest BCUT2D eigenvalue weighted by atomic mass is 9.94. The SMILES string of the molecule is CCCCCCCC/C=C/C(CCCC)CCCCCCC(=O)OC. The third-order valence-corrected chi connectivity index (χ3v) is 4.99. The van der Waals surface area contributed by atoms with Crippen LogP contribution in [0, 0.1) is 5.92 Å². The molecule has 0 heterocycles. The van der Waals surface area contributed by atoms with E-state index in [-0.39, 0.29) is 5.97 Å². The molecule has 2 nitrogen and oxygen atoms in total. The molecule has 0 saturated heterocycles. The number of carbonyl (C=O) groups excluding carboxylic acids is 1. The summed E-state index contributed by atoms with van der Waals surface area (Å²) in [5.74, 6) is 0.694. The van der Waals surface area contributed by atoms with E-state index in [1.807, 2.05) is 0 Å². The van der Waals surface area contributed by atoms with Crippen molar-refractivity contribution in [3.05, 3.63) is 12.2 Å². The van der Waals surface area contributed by atoms with Gasteiger partial charge in [-0.3, -0.25) is 4.79 Å². The van der Waals surface area contributed by atoms with Crippen LogP contribution in [0.1, 0.15) is 117 Å². The van der Waals surface area contributed by atoms with Gasteiger partial charge in [0.25, 0.3) is 0 Å². The molecule has 1 unspecified atom stereocenters. The van der Waals surface area contributed by atoms with E-state index >= 15 is 0 Å². The number of methoxy groups -OCH3 is 1.